The number of hydrogen-bond acceptors (Lipinski definition) is 3. The minimum Gasteiger partial charge on any atom is -0.440 e. The quantitative estimate of drug-likeness (QED) is 0.681. The lowest BCUT2D eigenvalue weighted by molar-refractivity contribution is 0.0346. The number of benzene rings is 1. The molecule has 1 aliphatic rings. The van der Waals surface area contributed by atoms with Crippen molar-refractivity contribution in [2.75, 3.05) is 0 Å². The molecule has 1 aliphatic heterocycles. The van der Waals surface area contributed by atoms with Crippen LogP contribution in [0.25, 0.3) is 10.9 Å². The number of cyclic esters (lactones) is 1. The molecule has 0 saturated heterocycles. The van der Waals surface area contributed by atoms with Crippen LogP contribution in [0.2, 0.25) is 0 Å². The molecular formula is C15H15NO3. The van der Waals surface area contributed by atoms with E-state index < -0.39 is 0 Å². The highest BCUT2D eigenvalue weighted by atomic mass is 16.5. The van der Waals surface area contributed by atoms with Gasteiger partial charge in [-0.1, -0.05) is 20.8 Å². The van der Waals surface area contributed by atoms with Crippen LogP contribution in [0.15, 0.2) is 29.1 Å². The van der Waals surface area contributed by atoms with Gasteiger partial charge in [0, 0.05) is 6.07 Å². The molecule has 4 heteroatoms. The van der Waals surface area contributed by atoms with Gasteiger partial charge < -0.3 is 4.74 Å². The van der Waals surface area contributed by atoms with E-state index in [-0.39, 0.29) is 23.7 Å². The second-order valence-electron chi connectivity index (χ2n) is 5.87. The molecule has 98 valence electrons. The average Bonchev–Trinajstić information content (AvgIpc) is 2.34. The SMILES string of the molecule is CC(C)(C)c1cc2c3c(ccc(=O)n3COC2=O)c1. The van der Waals surface area contributed by atoms with Crippen molar-refractivity contribution in [3.63, 3.8) is 0 Å². The van der Waals surface area contributed by atoms with Gasteiger partial charge in [0.15, 0.2) is 6.73 Å². The lowest BCUT2D eigenvalue weighted by atomic mass is 9.85. The Bertz CT molecular complexity index is 750. The van der Waals surface area contributed by atoms with E-state index in [1.54, 1.807) is 6.07 Å². The predicted molar refractivity (Wildman–Crippen MR) is 72.3 cm³/mol. The summed E-state index contributed by atoms with van der Waals surface area (Å²) in [6, 6.07) is 7.15. The van der Waals surface area contributed by atoms with E-state index >= 15 is 0 Å². The third kappa shape index (κ3) is 1.75. The fourth-order valence-corrected chi connectivity index (χ4v) is 2.36. The molecule has 1 aromatic carbocycles. The van der Waals surface area contributed by atoms with Gasteiger partial charge in [0.2, 0.25) is 0 Å². The van der Waals surface area contributed by atoms with Crippen molar-refractivity contribution >= 4 is 16.9 Å². The van der Waals surface area contributed by atoms with Gasteiger partial charge in [-0.15, -0.1) is 0 Å². The van der Waals surface area contributed by atoms with Crippen molar-refractivity contribution in [2.45, 2.75) is 32.9 Å². The van der Waals surface area contributed by atoms with Crippen LogP contribution in [-0.4, -0.2) is 10.5 Å². The van der Waals surface area contributed by atoms with E-state index in [4.69, 9.17) is 4.74 Å². The Morgan fingerprint density at radius 1 is 1.16 bits per heavy atom. The van der Waals surface area contributed by atoms with Gasteiger partial charge in [0.05, 0.1) is 11.1 Å². The number of nitrogens with zero attached hydrogens (tertiary/aromatic N) is 1. The van der Waals surface area contributed by atoms with E-state index in [0.29, 0.717) is 11.1 Å². The Kier molecular flexibility index (Phi) is 2.33. The minimum absolute atomic E-state index is 0.00310. The molecule has 2 heterocycles. The summed E-state index contributed by atoms with van der Waals surface area (Å²) in [5.41, 5.74) is 2.00. The summed E-state index contributed by atoms with van der Waals surface area (Å²) >= 11 is 0. The topological polar surface area (TPSA) is 48.3 Å². The highest BCUT2D eigenvalue weighted by Gasteiger charge is 2.24. The summed E-state index contributed by atoms with van der Waals surface area (Å²) in [6.07, 6.45) is 0. The highest BCUT2D eigenvalue weighted by Crippen LogP contribution is 2.30. The molecule has 3 rings (SSSR count). The standard InChI is InChI=1S/C15H15NO3/c1-15(2,3)10-6-9-4-5-12(17)16-8-19-14(18)11(7-10)13(9)16/h4-7H,8H2,1-3H3. The van der Waals surface area contributed by atoms with Crippen LogP contribution in [0.1, 0.15) is 36.7 Å². The first kappa shape index (κ1) is 12.0. The van der Waals surface area contributed by atoms with Crippen LogP contribution in [0, 0.1) is 0 Å². The number of hydrogen-bond donors (Lipinski definition) is 0. The van der Waals surface area contributed by atoms with Crippen LogP contribution < -0.4 is 5.56 Å². The Morgan fingerprint density at radius 3 is 2.58 bits per heavy atom. The first-order chi connectivity index (χ1) is 8.88. The van der Waals surface area contributed by atoms with Crippen molar-refractivity contribution < 1.29 is 9.53 Å². The summed E-state index contributed by atoms with van der Waals surface area (Å²) in [5, 5.41) is 0.902. The molecule has 0 atom stereocenters. The first-order valence-electron chi connectivity index (χ1n) is 6.23. The van der Waals surface area contributed by atoms with Gasteiger partial charge >= 0.3 is 5.97 Å². The fourth-order valence-electron chi connectivity index (χ4n) is 2.36. The van der Waals surface area contributed by atoms with Crippen LogP contribution >= 0.6 is 0 Å². The van der Waals surface area contributed by atoms with Crippen LogP contribution in [-0.2, 0) is 16.9 Å². The van der Waals surface area contributed by atoms with Crippen LogP contribution in [0.5, 0.6) is 0 Å². The number of carbonyl (C=O) groups is 1. The molecule has 2 aromatic rings. The minimum atomic E-state index is -0.360. The molecule has 4 nitrogen and oxygen atoms in total. The van der Waals surface area contributed by atoms with Crippen molar-refractivity contribution in [1.82, 2.24) is 4.57 Å². The third-order valence-corrected chi connectivity index (χ3v) is 3.49. The van der Waals surface area contributed by atoms with E-state index in [9.17, 15) is 9.59 Å². The third-order valence-electron chi connectivity index (χ3n) is 3.49. The number of carbonyl (C=O) groups excluding carboxylic acids is 1. The Balaban J connectivity index is 2.46. The molecule has 19 heavy (non-hydrogen) atoms. The van der Waals surface area contributed by atoms with Gasteiger partial charge in [-0.25, -0.2) is 4.79 Å². The zero-order valence-electron chi connectivity index (χ0n) is 11.2. The molecule has 0 fully saturated rings. The summed E-state index contributed by atoms with van der Waals surface area (Å²) in [4.78, 5) is 23.7. The number of aromatic nitrogens is 1. The predicted octanol–water partition coefficient (Wildman–Crippen LogP) is 2.43. The smallest absolute Gasteiger partial charge is 0.342 e. The highest BCUT2D eigenvalue weighted by molar-refractivity contribution is 6.04. The molecule has 0 radical (unpaired) electrons. The van der Waals surface area contributed by atoms with E-state index in [1.165, 1.54) is 10.6 Å². The van der Waals surface area contributed by atoms with E-state index in [0.717, 1.165) is 10.9 Å². The molecule has 0 spiro atoms. The summed E-state index contributed by atoms with van der Waals surface area (Å²) in [5.74, 6) is -0.360. The van der Waals surface area contributed by atoms with Crippen molar-refractivity contribution in [1.29, 1.82) is 0 Å². The number of pyridine rings is 1. The first-order valence-corrected chi connectivity index (χ1v) is 6.23. The number of rotatable bonds is 0. The molecule has 1 aromatic heterocycles. The lowest BCUT2D eigenvalue weighted by Crippen LogP contribution is -2.28. The van der Waals surface area contributed by atoms with Gasteiger partial charge in [0.25, 0.3) is 5.56 Å². The molecule has 0 amide bonds. The maximum atomic E-state index is 11.9. The largest absolute Gasteiger partial charge is 0.440 e. The Labute approximate surface area is 110 Å². The van der Waals surface area contributed by atoms with Crippen LogP contribution in [0.4, 0.5) is 0 Å². The molecular weight excluding hydrogens is 242 g/mol. The number of esters is 1. The summed E-state index contributed by atoms with van der Waals surface area (Å²) < 4.78 is 6.57. The van der Waals surface area contributed by atoms with E-state index in [1.807, 2.05) is 12.1 Å². The zero-order chi connectivity index (χ0) is 13.8. The van der Waals surface area contributed by atoms with Crippen LogP contribution in [0.3, 0.4) is 0 Å². The van der Waals surface area contributed by atoms with Crippen molar-refractivity contribution in [2.24, 2.45) is 0 Å². The van der Waals surface area contributed by atoms with Crippen molar-refractivity contribution in [3.05, 3.63) is 45.7 Å². The Morgan fingerprint density at radius 2 is 1.89 bits per heavy atom. The second kappa shape index (κ2) is 3.70. The van der Waals surface area contributed by atoms with E-state index in [2.05, 4.69) is 20.8 Å². The molecule has 0 N–H and O–H groups in total. The maximum absolute atomic E-state index is 11.9. The van der Waals surface area contributed by atoms with Gasteiger partial charge in [-0.05, 0) is 34.6 Å². The summed E-state index contributed by atoms with van der Waals surface area (Å²) in [7, 11) is 0. The second-order valence-corrected chi connectivity index (χ2v) is 5.87. The van der Waals surface area contributed by atoms with Gasteiger partial charge in [-0.3, -0.25) is 9.36 Å². The van der Waals surface area contributed by atoms with Gasteiger partial charge in [0.1, 0.15) is 0 Å². The average molecular weight is 257 g/mol. The molecule has 0 saturated carbocycles. The fraction of sp³-hybridized carbons (Fsp3) is 0.333. The molecule has 0 aliphatic carbocycles. The van der Waals surface area contributed by atoms with Crippen molar-refractivity contribution in [3.8, 4) is 0 Å². The maximum Gasteiger partial charge on any atom is 0.342 e. The summed E-state index contributed by atoms with van der Waals surface area (Å²) in [6.45, 7) is 6.26. The number of ether oxygens (including phenoxy) is 1. The molecule has 0 bridgehead atoms. The monoisotopic (exact) mass is 257 g/mol. The van der Waals surface area contributed by atoms with Gasteiger partial charge in [-0.2, -0.15) is 0 Å². The zero-order valence-corrected chi connectivity index (χ0v) is 11.2. The normalized spacial score (nSPS) is 14.6. The Hall–Kier alpha value is -2.10. The molecule has 0 unspecified atom stereocenters. The lowest BCUT2D eigenvalue weighted by Gasteiger charge is -2.24.